The summed E-state index contributed by atoms with van der Waals surface area (Å²) < 4.78 is 0. The van der Waals surface area contributed by atoms with Gasteiger partial charge in [0.25, 0.3) is 0 Å². The Labute approximate surface area is 251 Å². The number of phenols is 1. The zero-order valence-corrected chi connectivity index (χ0v) is 24.4. The van der Waals surface area contributed by atoms with Gasteiger partial charge in [-0.05, 0) is 31.6 Å². The zero-order valence-electron chi connectivity index (χ0n) is 23.6. The third kappa shape index (κ3) is 4.36. The number of Topliss-reactive ketones (excluding diaryl/α,β-unsaturated/α-hetero) is 2. The third-order valence-electron chi connectivity index (χ3n) is 9.18. The van der Waals surface area contributed by atoms with Gasteiger partial charge in [0.1, 0.15) is 17.4 Å². The average molecular weight is 605 g/mol. The summed E-state index contributed by atoms with van der Waals surface area (Å²) in [6.07, 6.45) is -2.87. The van der Waals surface area contributed by atoms with Crippen molar-refractivity contribution in [3.63, 3.8) is 0 Å². The number of hydrogen-bond donors (Lipinski definition) is 6. The largest absolute Gasteiger partial charge is 0.507 e. The minimum absolute atomic E-state index is 0.0153. The molecule has 2 aromatic carbocycles. The fourth-order valence-electron chi connectivity index (χ4n) is 7.25. The number of primary amides is 1. The molecule has 2 fully saturated rings. The molecule has 7 N–H and O–H groups in total. The molecule has 12 heteroatoms. The maximum absolute atomic E-state index is 14.1. The lowest BCUT2D eigenvalue weighted by atomic mass is 9.54. The lowest BCUT2D eigenvalue weighted by Gasteiger charge is -2.53. The molecule has 1 amide bonds. The Bertz CT molecular complexity index is 1670. The molecule has 1 aromatic heterocycles. The van der Waals surface area contributed by atoms with E-state index in [9.17, 15) is 34.8 Å². The van der Waals surface area contributed by atoms with E-state index in [4.69, 9.17) is 5.73 Å². The van der Waals surface area contributed by atoms with E-state index < -0.39 is 71.1 Å². The van der Waals surface area contributed by atoms with Crippen LogP contribution in [0.3, 0.4) is 0 Å². The number of thiazole rings is 1. The molecule has 1 heterocycles. The summed E-state index contributed by atoms with van der Waals surface area (Å²) in [5.74, 6) is -9.28. The summed E-state index contributed by atoms with van der Waals surface area (Å²) in [4.78, 5) is 46.0. The molecule has 2 saturated carbocycles. The molecule has 43 heavy (non-hydrogen) atoms. The number of benzene rings is 2. The van der Waals surface area contributed by atoms with Crippen molar-refractivity contribution in [3.8, 4) is 17.0 Å². The molecule has 0 bridgehead atoms. The van der Waals surface area contributed by atoms with Gasteiger partial charge in [-0.3, -0.25) is 14.4 Å². The van der Waals surface area contributed by atoms with Gasteiger partial charge in [0, 0.05) is 34.4 Å². The number of carbonyl (C=O) groups excluding carboxylic acids is 3. The first-order chi connectivity index (χ1) is 20.4. The van der Waals surface area contributed by atoms with E-state index in [-0.39, 0.29) is 22.6 Å². The Morgan fingerprint density at radius 3 is 2.40 bits per heavy atom. The van der Waals surface area contributed by atoms with E-state index in [0.717, 1.165) is 11.3 Å². The van der Waals surface area contributed by atoms with Crippen LogP contribution in [-0.2, 0) is 14.4 Å². The van der Waals surface area contributed by atoms with Crippen LogP contribution >= 0.6 is 11.3 Å². The van der Waals surface area contributed by atoms with Crippen LogP contribution in [-0.4, -0.2) is 80.1 Å². The van der Waals surface area contributed by atoms with E-state index in [1.54, 1.807) is 38.1 Å². The number of fused-ring (bicyclic) bond motifs is 3. The molecule has 224 valence electrons. The fraction of sp³-hybridized carbons (Fsp3) is 0.355. The van der Waals surface area contributed by atoms with Crippen molar-refractivity contribution in [2.45, 2.75) is 31.1 Å². The number of nitrogens with one attached hydrogen (secondary N) is 1. The number of hydrogen-bond acceptors (Lipinski definition) is 11. The average Bonchev–Trinajstić information content (AvgIpc) is 3.43. The Kier molecular flexibility index (Phi) is 7.12. The van der Waals surface area contributed by atoms with E-state index in [1.807, 2.05) is 35.7 Å². The van der Waals surface area contributed by atoms with Crippen LogP contribution < -0.4 is 11.1 Å². The lowest BCUT2D eigenvalue weighted by Crippen LogP contribution is -2.68. The fourth-order valence-corrected chi connectivity index (χ4v) is 7.98. The number of aliphatic hydroxyl groups excluding tert-OH is 3. The SMILES string of the molecule is C[C@H]1c2ccc(Nc3nc(-c4ccccc4)cs3)c(O)c2C(O)=C2C(=O)C3C(=O)C(C(N)=O)C(O)C(N(C)C)C3[C@@H](O)C21. The van der Waals surface area contributed by atoms with Crippen molar-refractivity contribution in [3.05, 3.63) is 64.5 Å². The van der Waals surface area contributed by atoms with Crippen molar-refractivity contribution in [2.75, 3.05) is 19.4 Å². The van der Waals surface area contributed by atoms with Crippen molar-refractivity contribution in [1.82, 2.24) is 9.88 Å². The Balaban J connectivity index is 1.42. The number of aliphatic hydroxyl groups is 3. The Morgan fingerprint density at radius 1 is 1.05 bits per heavy atom. The Hall–Kier alpha value is -4.10. The van der Waals surface area contributed by atoms with E-state index in [1.165, 1.54) is 11.3 Å². The number of phenolic OH excluding ortho intramolecular Hbond substituents is 1. The highest BCUT2D eigenvalue weighted by Crippen LogP contribution is 2.55. The summed E-state index contributed by atoms with van der Waals surface area (Å²) in [6, 6.07) is 12.0. The predicted molar refractivity (Wildman–Crippen MR) is 160 cm³/mol. The monoisotopic (exact) mass is 604 g/mol. The van der Waals surface area contributed by atoms with E-state index in [2.05, 4.69) is 10.3 Å². The maximum Gasteiger partial charge on any atom is 0.230 e. The third-order valence-corrected chi connectivity index (χ3v) is 9.93. The van der Waals surface area contributed by atoms with Crippen LogP contribution in [0.5, 0.6) is 5.75 Å². The lowest BCUT2D eigenvalue weighted by molar-refractivity contribution is -0.166. The smallest absolute Gasteiger partial charge is 0.230 e. The molecular formula is C31H32N4O7S. The highest BCUT2D eigenvalue weighted by molar-refractivity contribution is 7.14. The quantitative estimate of drug-likeness (QED) is 0.187. The topological polar surface area (TPSA) is 186 Å². The molecule has 0 spiro atoms. The van der Waals surface area contributed by atoms with Crippen LogP contribution in [0.4, 0.5) is 10.8 Å². The van der Waals surface area contributed by atoms with Crippen LogP contribution in [0.1, 0.15) is 24.0 Å². The van der Waals surface area contributed by atoms with Crippen molar-refractivity contribution in [1.29, 1.82) is 0 Å². The summed E-state index contributed by atoms with van der Waals surface area (Å²) in [6.45, 7) is 1.77. The van der Waals surface area contributed by atoms with Crippen LogP contribution in [0.15, 0.2) is 53.4 Å². The van der Waals surface area contributed by atoms with Gasteiger partial charge in [-0.2, -0.15) is 0 Å². The van der Waals surface area contributed by atoms with Crippen LogP contribution in [0.25, 0.3) is 17.0 Å². The molecule has 3 aliphatic carbocycles. The van der Waals surface area contributed by atoms with Gasteiger partial charge in [-0.1, -0.05) is 43.3 Å². The second-order valence-corrected chi connectivity index (χ2v) is 12.5. The number of rotatable bonds is 5. The van der Waals surface area contributed by atoms with Crippen LogP contribution in [0, 0.1) is 23.7 Å². The second-order valence-electron chi connectivity index (χ2n) is 11.7. The van der Waals surface area contributed by atoms with Crippen molar-refractivity contribution in [2.24, 2.45) is 29.4 Å². The standard InChI is InChI=1S/C31H32N4O7S/c1-12-14-9-10-15(33-31-34-16(11-43-31)13-7-5-4-6-8-13)24(36)18(14)26(38)20-17(12)25(37)19-21(27(20)39)28(40)22(30(32)42)29(41)23(19)35(2)3/h4-12,17,19,21-23,25,29,36-38,41H,1-3H3,(H2,32,42)(H,33,34)/t12-,17?,19?,21?,22?,23?,25-,29?/m0/s1. The molecule has 6 rings (SSSR count). The first-order valence-corrected chi connectivity index (χ1v) is 14.8. The molecule has 0 saturated heterocycles. The highest BCUT2D eigenvalue weighted by atomic mass is 32.1. The zero-order chi connectivity index (χ0) is 30.9. The molecule has 3 aromatic rings. The number of likely N-dealkylation sites (N-methyl/N-ethyl adjacent to an activating group) is 1. The van der Waals surface area contributed by atoms with Gasteiger partial charge in [-0.25, -0.2) is 4.98 Å². The van der Waals surface area contributed by atoms with Crippen LogP contribution in [0.2, 0.25) is 0 Å². The number of nitrogens with two attached hydrogens (primary N) is 1. The van der Waals surface area contributed by atoms with Gasteiger partial charge >= 0.3 is 0 Å². The number of nitrogens with zero attached hydrogens (tertiary/aromatic N) is 2. The van der Waals surface area contributed by atoms with Gasteiger partial charge in [0.15, 0.2) is 16.7 Å². The molecule has 6 unspecified atom stereocenters. The molecule has 11 nitrogen and oxygen atoms in total. The number of ketones is 2. The first kappa shape index (κ1) is 29.0. The first-order valence-electron chi connectivity index (χ1n) is 13.9. The summed E-state index contributed by atoms with van der Waals surface area (Å²) in [5.41, 5.74) is 7.72. The van der Waals surface area contributed by atoms with Crippen molar-refractivity contribution < 1.29 is 34.8 Å². The minimum atomic E-state index is -1.65. The predicted octanol–water partition coefficient (Wildman–Crippen LogP) is 2.41. The second kappa shape index (κ2) is 10.6. The van der Waals surface area contributed by atoms with Crippen molar-refractivity contribution >= 4 is 45.4 Å². The highest BCUT2D eigenvalue weighted by Gasteiger charge is 2.63. The summed E-state index contributed by atoms with van der Waals surface area (Å²) in [7, 11) is 3.24. The number of amides is 1. The maximum atomic E-state index is 14.1. The molecule has 0 aliphatic heterocycles. The normalized spacial score (nSPS) is 30.1. The number of aromatic hydroxyl groups is 1. The minimum Gasteiger partial charge on any atom is -0.507 e. The van der Waals surface area contributed by atoms with Gasteiger partial charge in [0.2, 0.25) is 5.91 Å². The van der Waals surface area contributed by atoms with Gasteiger partial charge in [0.05, 0.1) is 35.1 Å². The molecule has 8 atom stereocenters. The summed E-state index contributed by atoms with van der Waals surface area (Å²) >= 11 is 1.33. The van der Waals surface area contributed by atoms with E-state index >= 15 is 0 Å². The van der Waals surface area contributed by atoms with Gasteiger partial charge < -0.3 is 36.4 Å². The number of carbonyl (C=O) groups is 3. The summed E-state index contributed by atoms with van der Waals surface area (Å²) in [5, 5.41) is 51.1. The number of aromatic nitrogens is 1. The molecule has 0 radical (unpaired) electrons. The Morgan fingerprint density at radius 2 is 1.74 bits per heavy atom. The molecule has 3 aliphatic rings. The number of anilines is 2. The van der Waals surface area contributed by atoms with E-state index in [0.29, 0.717) is 10.7 Å². The van der Waals surface area contributed by atoms with Gasteiger partial charge in [-0.15, -0.1) is 11.3 Å². The molecular weight excluding hydrogens is 572 g/mol.